The Balaban J connectivity index is 1.84. The molecule has 5 nitrogen and oxygen atoms in total. The van der Waals surface area contributed by atoms with Gasteiger partial charge in [-0.3, -0.25) is 4.79 Å². The number of rotatable bonds is 3. The third-order valence-electron chi connectivity index (χ3n) is 3.95. The van der Waals surface area contributed by atoms with Crippen LogP contribution in [0.15, 0.2) is 4.52 Å². The van der Waals surface area contributed by atoms with Crippen molar-refractivity contribution in [1.82, 2.24) is 15.5 Å². The molecule has 2 aliphatic rings. The summed E-state index contributed by atoms with van der Waals surface area (Å²) in [7, 11) is 0. The standard InChI is InChI=1S/C13H19N3O2/c1-9-14-12(18-16-9)13(7-3-2-4-8-13)15-11(17)10-5-6-10/h10H,2-8H2,1H3,(H,15,17). The minimum atomic E-state index is -0.404. The SMILES string of the molecule is Cc1noc(C2(NC(=O)C3CC3)CCCCC2)n1. The first kappa shape index (κ1) is 11.7. The Kier molecular flexibility index (Phi) is 2.84. The second-order valence-corrected chi connectivity index (χ2v) is 5.55. The zero-order valence-electron chi connectivity index (χ0n) is 10.7. The van der Waals surface area contributed by atoms with Crippen LogP contribution in [0.2, 0.25) is 0 Å². The molecule has 2 fully saturated rings. The number of aromatic nitrogens is 2. The number of nitrogens with zero attached hydrogens (tertiary/aromatic N) is 2. The van der Waals surface area contributed by atoms with Crippen molar-refractivity contribution in [2.45, 2.75) is 57.4 Å². The summed E-state index contributed by atoms with van der Waals surface area (Å²) >= 11 is 0. The van der Waals surface area contributed by atoms with Gasteiger partial charge in [-0.15, -0.1) is 0 Å². The summed E-state index contributed by atoms with van der Waals surface area (Å²) in [4.78, 5) is 16.4. The molecule has 3 rings (SSSR count). The molecule has 0 bridgehead atoms. The Morgan fingerprint density at radius 2 is 2.06 bits per heavy atom. The van der Waals surface area contributed by atoms with Crippen molar-refractivity contribution in [3.05, 3.63) is 11.7 Å². The summed E-state index contributed by atoms with van der Waals surface area (Å²) in [5.41, 5.74) is -0.404. The number of hydrogen-bond acceptors (Lipinski definition) is 4. The van der Waals surface area contributed by atoms with Crippen LogP contribution in [0.5, 0.6) is 0 Å². The maximum absolute atomic E-state index is 12.1. The van der Waals surface area contributed by atoms with Gasteiger partial charge in [0.2, 0.25) is 5.91 Å². The fourth-order valence-electron chi connectivity index (χ4n) is 2.72. The van der Waals surface area contributed by atoms with Crippen LogP contribution in [0.4, 0.5) is 0 Å². The molecule has 0 radical (unpaired) electrons. The van der Waals surface area contributed by atoms with Gasteiger partial charge in [-0.2, -0.15) is 4.98 Å². The fourth-order valence-corrected chi connectivity index (χ4v) is 2.72. The van der Waals surface area contributed by atoms with Crippen LogP contribution >= 0.6 is 0 Å². The van der Waals surface area contributed by atoms with E-state index in [2.05, 4.69) is 15.5 Å². The summed E-state index contributed by atoms with van der Waals surface area (Å²) in [6.07, 6.45) is 7.28. The van der Waals surface area contributed by atoms with E-state index in [1.165, 1.54) is 6.42 Å². The molecule has 0 aromatic carbocycles. The fraction of sp³-hybridized carbons (Fsp3) is 0.769. The van der Waals surface area contributed by atoms with Crippen molar-refractivity contribution in [1.29, 1.82) is 0 Å². The number of aryl methyl sites for hydroxylation is 1. The lowest BCUT2D eigenvalue weighted by Gasteiger charge is -2.34. The van der Waals surface area contributed by atoms with Crippen molar-refractivity contribution in [2.75, 3.05) is 0 Å². The zero-order chi connectivity index (χ0) is 12.6. The topological polar surface area (TPSA) is 68.0 Å². The Bertz CT molecular complexity index is 445. The van der Waals surface area contributed by atoms with Gasteiger partial charge in [0, 0.05) is 5.92 Å². The molecule has 5 heteroatoms. The second-order valence-electron chi connectivity index (χ2n) is 5.55. The molecule has 98 valence electrons. The zero-order valence-corrected chi connectivity index (χ0v) is 10.7. The summed E-state index contributed by atoms with van der Waals surface area (Å²) in [5.74, 6) is 1.60. The number of nitrogens with one attached hydrogen (secondary N) is 1. The van der Waals surface area contributed by atoms with Crippen LogP contribution in [0.25, 0.3) is 0 Å². The van der Waals surface area contributed by atoms with Crippen LogP contribution in [0.1, 0.15) is 56.7 Å². The lowest BCUT2D eigenvalue weighted by atomic mass is 9.81. The van der Waals surface area contributed by atoms with Crippen molar-refractivity contribution >= 4 is 5.91 Å². The van der Waals surface area contributed by atoms with Gasteiger partial charge in [0.25, 0.3) is 5.89 Å². The summed E-state index contributed by atoms with van der Waals surface area (Å²) < 4.78 is 5.33. The van der Waals surface area contributed by atoms with Gasteiger partial charge in [-0.1, -0.05) is 24.4 Å². The van der Waals surface area contributed by atoms with Crippen LogP contribution in [-0.2, 0) is 10.3 Å². The molecule has 0 saturated heterocycles. The molecular weight excluding hydrogens is 230 g/mol. The highest BCUT2D eigenvalue weighted by Gasteiger charge is 2.43. The van der Waals surface area contributed by atoms with Crippen molar-refractivity contribution in [3.8, 4) is 0 Å². The van der Waals surface area contributed by atoms with Crippen LogP contribution < -0.4 is 5.32 Å². The summed E-state index contributed by atoms with van der Waals surface area (Å²) in [5, 5.41) is 7.06. The van der Waals surface area contributed by atoms with Gasteiger partial charge >= 0.3 is 0 Å². The number of carbonyl (C=O) groups excluding carboxylic acids is 1. The van der Waals surface area contributed by atoms with E-state index in [1.807, 2.05) is 6.92 Å². The van der Waals surface area contributed by atoms with Crippen molar-refractivity contribution < 1.29 is 9.32 Å². The first-order valence-electron chi connectivity index (χ1n) is 6.82. The number of amides is 1. The molecule has 2 saturated carbocycles. The Morgan fingerprint density at radius 1 is 1.33 bits per heavy atom. The molecule has 0 spiro atoms. The maximum atomic E-state index is 12.1. The number of carbonyl (C=O) groups is 1. The molecule has 0 atom stereocenters. The molecule has 1 heterocycles. The Morgan fingerprint density at radius 3 is 2.61 bits per heavy atom. The predicted octanol–water partition coefficient (Wildman–Crippen LogP) is 2.06. The summed E-state index contributed by atoms with van der Waals surface area (Å²) in [6.45, 7) is 1.81. The van der Waals surface area contributed by atoms with Gasteiger partial charge in [-0.05, 0) is 32.6 Å². The van der Waals surface area contributed by atoms with E-state index in [9.17, 15) is 4.79 Å². The minimum absolute atomic E-state index is 0.160. The van der Waals surface area contributed by atoms with E-state index >= 15 is 0 Å². The third-order valence-corrected chi connectivity index (χ3v) is 3.95. The smallest absolute Gasteiger partial charge is 0.252 e. The molecular formula is C13H19N3O2. The largest absolute Gasteiger partial charge is 0.341 e. The van der Waals surface area contributed by atoms with E-state index in [4.69, 9.17) is 4.52 Å². The molecule has 0 unspecified atom stereocenters. The first-order chi connectivity index (χ1) is 8.70. The quantitative estimate of drug-likeness (QED) is 0.890. The van der Waals surface area contributed by atoms with E-state index in [-0.39, 0.29) is 11.8 Å². The van der Waals surface area contributed by atoms with Crippen molar-refractivity contribution in [2.24, 2.45) is 5.92 Å². The molecule has 0 aliphatic heterocycles. The highest BCUT2D eigenvalue weighted by molar-refractivity contribution is 5.81. The van der Waals surface area contributed by atoms with E-state index < -0.39 is 5.54 Å². The monoisotopic (exact) mass is 249 g/mol. The third kappa shape index (κ3) is 2.13. The van der Waals surface area contributed by atoms with Gasteiger partial charge in [-0.25, -0.2) is 0 Å². The Labute approximate surface area is 106 Å². The minimum Gasteiger partial charge on any atom is -0.341 e. The van der Waals surface area contributed by atoms with Crippen LogP contribution in [-0.4, -0.2) is 16.0 Å². The van der Waals surface area contributed by atoms with Crippen LogP contribution in [0.3, 0.4) is 0 Å². The van der Waals surface area contributed by atoms with Gasteiger partial charge in [0.05, 0.1) is 0 Å². The molecule has 1 amide bonds. The molecule has 1 aromatic rings. The van der Waals surface area contributed by atoms with Gasteiger partial charge in [0.1, 0.15) is 5.54 Å². The maximum Gasteiger partial charge on any atom is 0.252 e. The van der Waals surface area contributed by atoms with Gasteiger partial charge in [0.15, 0.2) is 5.82 Å². The first-order valence-corrected chi connectivity index (χ1v) is 6.82. The van der Waals surface area contributed by atoms with Crippen LogP contribution in [0, 0.1) is 12.8 Å². The molecule has 1 aromatic heterocycles. The average molecular weight is 249 g/mol. The predicted molar refractivity (Wildman–Crippen MR) is 64.7 cm³/mol. The number of hydrogen-bond donors (Lipinski definition) is 1. The molecule has 1 N–H and O–H groups in total. The molecule has 18 heavy (non-hydrogen) atoms. The van der Waals surface area contributed by atoms with Gasteiger partial charge < -0.3 is 9.84 Å². The Hall–Kier alpha value is -1.39. The van der Waals surface area contributed by atoms with E-state index in [1.54, 1.807) is 0 Å². The highest BCUT2D eigenvalue weighted by atomic mass is 16.5. The lowest BCUT2D eigenvalue weighted by Crippen LogP contribution is -2.48. The normalized spacial score (nSPS) is 22.7. The highest BCUT2D eigenvalue weighted by Crippen LogP contribution is 2.38. The lowest BCUT2D eigenvalue weighted by molar-refractivity contribution is -0.125. The molecule has 2 aliphatic carbocycles. The second kappa shape index (κ2) is 4.37. The average Bonchev–Trinajstić information content (AvgIpc) is 3.13. The summed E-state index contributed by atoms with van der Waals surface area (Å²) in [6, 6.07) is 0. The van der Waals surface area contributed by atoms with E-state index in [0.717, 1.165) is 38.5 Å². The van der Waals surface area contributed by atoms with Crippen molar-refractivity contribution in [3.63, 3.8) is 0 Å². The van der Waals surface area contributed by atoms with E-state index in [0.29, 0.717) is 11.7 Å².